The van der Waals surface area contributed by atoms with Crippen molar-refractivity contribution < 1.29 is 5.11 Å². The molecule has 2 rings (SSSR count). The Morgan fingerprint density at radius 1 is 1.31 bits per heavy atom. The number of rotatable bonds is 2. The highest BCUT2D eigenvalue weighted by atomic mass is 16.3. The van der Waals surface area contributed by atoms with E-state index in [0.717, 1.165) is 25.2 Å². The van der Waals surface area contributed by atoms with Crippen molar-refractivity contribution in [2.24, 2.45) is 11.7 Å². The van der Waals surface area contributed by atoms with Crippen molar-refractivity contribution in [2.45, 2.75) is 63.6 Å². The van der Waals surface area contributed by atoms with Crippen LogP contribution in [0.4, 0.5) is 0 Å². The molecule has 3 heteroatoms. The first-order valence-corrected chi connectivity index (χ1v) is 6.69. The maximum absolute atomic E-state index is 9.32. The van der Waals surface area contributed by atoms with Gasteiger partial charge >= 0.3 is 0 Å². The summed E-state index contributed by atoms with van der Waals surface area (Å²) in [5, 5.41) is 9.32. The van der Waals surface area contributed by atoms with E-state index in [2.05, 4.69) is 18.7 Å². The maximum atomic E-state index is 9.32. The average molecular weight is 226 g/mol. The Kier molecular flexibility index (Phi) is 3.57. The summed E-state index contributed by atoms with van der Waals surface area (Å²) in [6, 6.07) is 1.30. The SMILES string of the molecule is CC1CCC(C)N(C2CCC(N)(CO)C2)C1. The maximum Gasteiger partial charge on any atom is 0.0611 e. The molecule has 1 heterocycles. The summed E-state index contributed by atoms with van der Waals surface area (Å²) in [6.45, 7) is 6.03. The standard InChI is InChI=1S/C13H26N2O/c1-10-3-4-11(2)15(8-10)12-5-6-13(14,7-12)9-16/h10-12,16H,3-9,14H2,1-2H3. The fraction of sp³-hybridized carbons (Fsp3) is 1.00. The molecule has 0 aromatic heterocycles. The van der Waals surface area contributed by atoms with Crippen molar-refractivity contribution in [1.82, 2.24) is 4.90 Å². The normalized spacial score (nSPS) is 46.1. The third kappa shape index (κ3) is 2.41. The number of aliphatic hydroxyl groups is 1. The highest BCUT2D eigenvalue weighted by Gasteiger charge is 2.40. The predicted molar refractivity (Wildman–Crippen MR) is 66.2 cm³/mol. The van der Waals surface area contributed by atoms with Crippen molar-refractivity contribution in [2.75, 3.05) is 13.2 Å². The number of hydrogen-bond acceptors (Lipinski definition) is 3. The number of aliphatic hydroxyl groups excluding tert-OH is 1. The average Bonchev–Trinajstić information content (AvgIpc) is 2.65. The van der Waals surface area contributed by atoms with E-state index in [1.54, 1.807) is 0 Å². The first-order chi connectivity index (χ1) is 7.54. The molecule has 16 heavy (non-hydrogen) atoms. The van der Waals surface area contributed by atoms with E-state index >= 15 is 0 Å². The quantitative estimate of drug-likeness (QED) is 0.747. The largest absolute Gasteiger partial charge is 0.394 e. The van der Waals surface area contributed by atoms with Crippen LogP contribution >= 0.6 is 0 Å². The zero-order valence-corrected chi connectivity index (χ0v) is 10.7. The molecule has 2 aliphatic rings. The second-order valence-corrected chi connectivity index (χ2v) is 6.15. The van der Waals surface area contributed by atoms with E-state index in [4.69, 9.17) is 5.73 Å². The number of hydrogen-bond donors (Lipinski definition) is 2. The van der Waals surface area contributed by atoms with Crippen LogP contribution in [0.2, 0.25) is 0 Å². The first kappa shape index (κ1) is 12.3. The molecular weight excluding hydrogens is 200 g/mol. The van der Waals surface area contributed by atoms with Crippen LogP contribution in [0.5, 0.6) is 0 Å². The summed E-state index contributed by atoms with van der Waals surface area (Å²) in [5.41, 5.74) is 5.86. The third-order valence-corrected chi connectivity index (χ3v) is 4.57. The predicted octanol–water partition coefficient (Wildman–Crippen LogP) is 1.35. The lowest BCUT2D eigenvalue weighted by molar-refractivity contribution is 0.0733. The summed E-state index contributed by atoms with van der Waals surface area (Å²) in [7, 11) is 0. The first-order valence-electron chi connectivity index (χ1n) is 6.69. The van der Waals surface area contributed by atoms with E-state index in [1.165, 1.54) is 19.4 Å². The highest BCUT2D eigenvalue weighted by Crippen LogP contribution is 2.35. The molecule has 1 saturated heterocycles. The summed E-state index contributed by atoms with van der Waals surface area (Å²) in [5.74, 6) is 0.818. The molecule has 2 fully saturated rings. The van der Waals surface area contributed by atoms with E-state index in [-0.39, 0.29) is 12.1 Å². The molecule has 0 aromatic carbocycles. The lowest BCUT2D eigenvalue weighted by Gasteiger charge is -2.41. The second-order valence-electron chi connectivity index (χ2n) is 6.15. The van der Waals surface area contributed by atoms with Crippen molar-refractivity contribution in [1.29, 1.82) is 0 Å². The van der Waals surface area contributed by atoms with Gasteiger partial charge in [-0.25, -0.2) is 0 Å². The van der Waals surface area contributed by atoms with E-state index in [1.807, 2.05) is 0 Å². The molecule has 0 bridgehead atoms. The fourth-order valence-corrected chi connectivity index (χ4v) is 3.39. The van der Waals surface area contributed by atoms with Gasteiger partial charge in [-0.05, 0) is 44.9 Å². The van der Waals surface area contributed by atoms with Crippen LogP contribution in [-0.4, -0.2) is 40.8 Å². The minimum atomic E-state index is -0.301. The van der Waals surface area contributed by atoms with Crippen molar-refractivity contribution in [3.63, 3.8) is 0 Å². The Balaban J connectivity index is 1.97. The Bertz CT molecular complexity index is 246. The highest BCUT2D eigenvalue weighted by molar-refractivity contribution is 4.98. The van der Waals surface area contributed by atoms with Gasteiger partial charge in [0.15, 0.2) is 0 Å². The van der Waals surface area contributed by atoms with Crippen LogP contribution in [0.3, 0.4) is 0 Å². The number of piperidine rings is 1. The summed E-state index contributed by atoms with van der Waals surface area (Å²) >= 11 is 0. The minimum absolute atomic E-state index is 0.140. The van der Waals surface area contributed by atoms with Gasteiger partial charge < -0.3 is 10.8 Å². The van der Waals surface area contributed by atoms with Crippen LogP contribution < -0.4 is 5.73 Å². The van der Waals surface area contributed by atoms with Gasteiger partial charge in [0.2, 0.25) is 0 Å². The molecule has 0 aromatic rings. The van der Waals surface area contributed by atoms with E-state index in [0.29, 0.717) is 12.1 Å². The Morgan fingerprint density at radius 3 is 2.69 bits per heavy atom. The summed E-state index contributed by atoms with van der Waals surface area (Å²) in [4.78, 5) is 2.64. The molecule has 1 aliphatic heterocycles. The van der Waals surface area contributed by atoms with Crippen molar-refractivity contribution in [3.8, 4) is 0 Å². The summed E-state index contributed by atoms with van der Waals surface area (Å²) < 4.78 is 0. The van der Waals surface area contributed by atoms with E-state index < -0.39 is 0 Å². The van der Waals surface area contributed by atoms with Gasteiger partial charge in [-0.1, -0.05) is 6.92 Å². The Morgan fingerprint density at radius 2 is 2.06 bits per heavy atom. The molecule has 0 spiro atoms. The number of nitrogens with zero attached hydrogens (tertiary/aromatic N) is 1. The van der Waals surface area contributed by atoms with Gasteiger partial charge in [0, 0.05) is 24.2 Å². The Hall–Kier alpha value is -0.120. The minimum Gasteiger partial charge on any atom is -0.394 e. The zero-order valence-electron chi connectivity index (χ0n) is 10.7. The van der Waals surface area contributed by atoms with Crippen LogP contribution in [-0.2, 0) is 0 Å². The summed E-state index contributed by atoms with van der Waals surface area (Å²) in [6.07, 6.45) is 5.78. The molecule has 4 atom stereocenters. The molecule has 3 N–H and O–H groups in total. The molecule has 0 radical (unpaired) electrons. The van der Waals surface area contributed by atoms with Crippen LogP contribution in [0.15, 0.2) is 0 Å². The van der Waals surface area contributed by atoms with Gasteiger partial charge in [0.25, 0.3) is 0 Å². The topological polar surface area (TPSA) is 49.5 Å². The van der Waals surface area contributed by atoms with Crippen LogP contribution in [0, 0.1) is 5.92 Å². The lowest BCUT2D eigenvalue weighted by atomic mass is 9.92. The van der Waals surface area contributed by atoms with Gasteiger partial charge in [-0.2, -0.15) is 0 Å². The monoisotopic (exact) mass is 226 g/mol. The number of likely N-dealkylation sites (tertiary alicyclic amines) is 1. The van der Waals surface area contributed by atoms with Gasteiger partial charge in [0.05, 0.1) is 6.61 Å². The van der Waals surface area contributed by atoms with Crippen LogP contribution in [0.1, 0.15) is 46.0 Å². The van der Waals surface area contributed by atoms with Crippen molar-refractivity contribution in [3.05, 3.63) is 0 Å². The Labute approximate surface area is 99.0 Å². The zero-order chi connectivity index (χ0) is 11.8. The van der Waals surface area contributed by atoms with Crippen LogP contribution in [0.25, 0.3) is 0 Å². The number of nitrogens with two attached hydrogens (primary N) is 1. The molecule has 94 valence electrons. The molecule has 1 saturated carbocycles. The second kappa shape index (κ2) is 4.63. The van der Waals surface area contributed by atoms with E-state index in [9.17, 15) is 5.11 Å². The fourth-order valence-electron chi connectivity index (χ4n) is 3.39. The smallest absolute Gasteiger partial charge is 0.0611 e. The van der Waals surface area contributed by atoms with Crippen molar-refractivity contribution >= 4 is 0 Å². The van der Waals surface area contributed by atoms with Gasteiger partial charge in [-0.3, -0.25) is 4.90 Å². The molecule has 3 nitrogen and oxygen atoms in total. The van der Waals surface area contributed by atoms with Gasteiger partial charge in [-0.15, -0.1) is 0 Å². The lowest BCUT2D eigenvalue weighted by Crippen LogP contribution is -2.49. The molecular formula is C13H26N2O. The third-order valence-electron chi connectivity index (χ3n) is 4.57. The molecule has 1 aliphatic carbocycles. The molecule has 0 amide bonds. The van der Waals surface area contributed by atoms with Gasteiger partial charge in [0.1, 0.15) is 0 Å². The molecule has 4 unspecified atom stereocenters.